The van der Waals surface area contributed by atoms with Crippen LogP contribution in [-0.2, 0) is 12.6 Å². The van der Waals surface area contributed by atoms with Gasteiger partial charge in [-0.15, -0.1) is 0 Å². The third-order valence-electron chi connectivity index (χ3n) is 2.68. The van der Waals surface area contributed by atoms with Crippen LogP contribution < -0.4 is 0 Å². The van der Waals surface area contributed by atoms with E-state index in [-0.39, 0.29) is 5.41 Å². The maximum atomic E-state index is 12.4. The van der Waals surface area contributed by atoms with Gasteiger partial charge >= 0.3 is 6.18 Å². The quantitative estimate of drug-likeness (QED) is 0.644. The molecule has 18 heavy (non-hydrogen) atoms. The van der Waals surface area contributed by atoms with Gasteiger partial charge in [0.05, 0.1) is 5.56 Å². The standard InChI is InChI=1S/C15H20F3/c1-14(2,3)11-5-4-6-12-7-9-13(10-8-12)15(16,17)18/h5,7-10H,4,6,11H2,1-3H3. The van der Waals surface area contributed by atoms with Gasteiger partial charge in [-0.05, 0) is 48.8 Å². The van der Waals surface area contributed by atoms with Gasteiger partial charge in [0, 0.05) is 0 Å². The molecule has 0 saturated heterocycles. The Labute approximate surface area is 107 Å². The van der Waals surface area contributed by atoms with Gasteiger partial charge in [0.1, 0.15) is 0 Å². The van der Waals surface area contributed by atoms with Crippen molar-refractivity contribution in [3.05, 3.63) is 41.8 Å². The number of alkyl halides is 3. The Balaban J connectivity index is 2.41. The van der Waals surface area contributed by atoms with Crippen LogP contribution >= 0.6 is 0 Å². The van der Waals surface area contributed by atoms with E-state index in [0.29, 0.717) is 0 Å². The molecule has 0 spiro atoms. The molecule has 0 atom stereocenters. The van der Waals surface area contributed by atoms with Crippen molar-refractivity contribution in [2.75, 3.05) is 0 Å². The van der Waals surface area contributed by atoms with Gasteiger partial charge in [0.25, 0.3) is 0 Å². The lowest BCUT2D eigenvalue weighted by Gasteiger charge is -2.17. The number of hydrogen-bond acceptors (Lipinski definition) is 0. The molecule has 0 aliphatic rings. The molecule has 1 rings (SSSR count). The minimum Gasteiger partial charge on any atom is -0.166 e. The summed E-state index contributed by atoms with van der Waals surface area (Å²) >= 11 is 0. The van der Waals surface area contributed by atoms with Crippen molar-refractivity contribution < 1.29 is 13.2 Å². The van der Waals surface area contributed by atoms with E-state index in [1.807, 2.05) is 0 Å². The van der Waals surface area contributed by atoms with E-state index >= 15 is 0 Å². The molecule has 0 amide bonds. The number of rotatable bonds is 4. The van der Waals surface area contributed by atoms with Crippen LogP contribution in [0, 0.1) is 11.8 Å². The molecule has 0 fully saturated rings. The van der Waals surface area contributed by atoms with Gasteiger partial charge in [-0.25, -0.2) is 0 Å². The lowest BCUT2D eigenvalue weighted by atomic mass is 9.89. The van der Waals surface area contributed by atoms with Crippen molar-refractivity contribution in [2.45, 2.75) is 46.2 Å². The number of unbranched alkanes of at least 4 members (excludes halogenated alkanes) is 1. The van der Waals surface area contributed by atoms with Gasteiger partial charge in [-0.1, -0.05) is 32.9 Å². The van der Waals surface area contributed by atoms with Crippen molar-refractivity contribution in [3.63, 3.8) is 0 Å². The van der Waals surface area contributed by atoms with E-state index in [9.17, 15) is 13.2 Å². The summed E-state index contributed by atoms with van der Waals surface area (Å²) in [6.07, 6.45) is 0.693. The fourth-order valence-corrected chi connectivity index (χ4v) is 1.66. The zero-order chi connectivity index (χ0) is 13.8. The minimum atomic E-state index is -4.24. The maximum absolute atomic E-state index is 12.4. The summed E-state index contributed by atoms with van der Waals surface area (Å²) in [5.74, 6) is 0. The Hall–Kier alpha value is -0.990. The van der Waals surface area contributed by atoms with Gasteiger partial charge in [0.2, 0.25) is 0 Å². The molecule has 0 aliphatic heterocycles. The predicted molar refractivity (Wildman–Crippen MR) is 68.1 cm³/mol. The Morgan fingerprint density at radius 2 is 1.56 bits per heavy atom. The monoisotopic (exact) mass is 257 g/mol. The highest BCUT2D eigenvalue weighted by Gasteiger charge is 2.29. The molecule has 0 saturated carbocycles. The topological polar surface area (TPSA) is 0 Å². The highest BCUT2D eigenvalue weighted by Crippen LogP contribution is 2.29. The van der Waals surface area contributed by atoms with Gasteiger partial charge in [-0.2, -0.15) is 13.2 Å². The van der Waals surface area contributed by atoms with E-state index in [0.717, 1.165) is 37.0 Å². The van der Waals surface area contributed by atoms with Crippen molar-refractivity contribution >= 4 is 0 Å². The number of halogens is 3. The van der Waals surface area contributed by atoms with E-state index in [1.54, 1.807) is 12.1 Å². The Morgan fingerprint density at radius 3 is 2.00 bits per heavy atom. The molecule has 1 aromatic carbocycles. The van der Waals surface area contributed by atoms with Crippen LogP contribution in [0.1, 0.15) is 44.7 Å². The Morgan fingerprint density at radius 1 is 1.00 bits per heavy atom. The second-order valence-electron chi connectivity index (χ2n) is 5.79. The molecule has 1 radical (unpaired) electrons. The highest BCUT2D eigenvalue weighted by molar-refractivity contribution is 5.24. The lowest BCUT2D eigenvalue weighted by Crippen LogP contribution is -2.05. The first-order chi connectivity index (χ1) is 8.18. The van der Waals surface area contributed by atoms with Crippen molar-refractivity contribution in [2.24, 2.45) is 5.41 Å². The summed E-state index contributed by atoms with van der Waals surface area (Å²) < 4.78 is 37.1. The molecule has 0 bridgehead atoms. The molecule has 0 aliphatic carbocycles. The minimum absolute atomic E-state index is 0.278. The summed E-state index contributed by atoms with van der Waals surface area (Å²) in [4.78, 5) is 0. The van der Waals surface area contributed by atoms with E-state index in [4.69, 9.17) is 0 Å². The summed E-state index contributed by atoms with van der Waals surface area (Å²) in [7, 11) is 0. The van der Waals surface area contributed by atoms with Crippen LogP contribution in [0.25, 0.3) is 0 Å². The van der Waals surface area contributed by atoms with Gasteiger partial charge < -0.3 is 0 Å². The zero-order valence-corrected chi connectivity index (χ0v) is 11.1. The molecule has 0 aromatic heterocycles. The molecule has 0 nitrogen and oxygen atoms in total. The highest BCUT2D eigenvalue weighted by atomic mass is 19.4. The smallest absolute Gasteiger partial charge is 0.166 e. The average molecular weight is 257 g/mol. The molecule has 0 heterocycles. The molecule has 0 N–H and O–H groups in total. The van der Waals surface area contributed by atoms with Crippen molar-refractivity contribution in [1.82, 2.24) is 0 Å². The largest absolute Gasteiger partial charge is 0.416 e. The molecule has 101 valence electrons. The number of aryl methyl sites for hydroxylation is 1. The average Bonchev–Trinajstić information content (AvgIpc) is 2.22. The maximum Gasteiger partial charge on any atom is 0.416 e. The predicted octanol–water partition coefficient (Wildman–Crippen LogP) is 5.28. The van der Waals surface area contributed by atoms with Gasteiger partial charge in [0.15, 0.2) is 0 Å². The molecule has 0 unspecified atom stereocenters. The fourth-order valence-electron chi connectivity index (χ4n) is 1.66. The normalized spacial score (nSPS) is 12.8. The molecule has 1 aromatic rings. The second kappa shape index (κ2) is 5.77. The lowest BCUT2D eigenvalue weighted by molar-refractivity contribution is -0.137. The van der Waals surface area contributed by atoms with Crippen LogP contribution in [0.3, 0.4) is 0 Å². The first-order valence-corrected chi connectivity index (χ1v) is 6.16. The third-order valence-corrected chi connectivity index (χ3v) is 2.68. The van der Waals surface area contributed by atoms with E-state index in [1.165, 1.54) is 0 Å². The van der Waals surface area contributed by atoms with Crippen LogP contribution in [0.5, 0.6) is 0 Å². The Bertz CT molecular complexity index is 355. The molecular weight excluding hydrogens is 237 g/mol. The fraction of sp³-hybridized carbons (Fsp3) is 0.533. The summed E-state index contributed by atoms with van der Waals surface area (Å²) in [5.41, 5.74) is 0.651. The number of hydrogen-bond donors (Lipinski definition) is 0. The summed E-state index contributed by atoms with van der Waals surface area (Å²) in [6, 6.07) is 5.43. The first-order valence-electron chi connectivity index (χ1n) is 6.16. The zero-order valence-electron chi connectivity index (χ0n) is 11.1. The van der Waals surface area contributed by atoms with Crippen LogP contribution in [-0.4, -0.2) is 0 Å². The van der Waals surface area contributed by atoms with Crippen LogP contribution in [0.4, 0.5) is 13.2 Å². The van der Waals surface area contributed by atoms with Crippen LogP contribution in [0.15, 0.2) is 24.3 Å². The molecular formula is C15H20F3. The van der Waals surface area contributed by atoms with Crippen molar-refractivity contribution in [1.29, 1.82) is 0 Å². The van der Waals surface area contributed by atoms with Crippen molar-refractivity contribution in [3.8, 4) is 0 Å². The molecule has 3 heteroatoms. The first kappa shape index (κ1) is 15.1. The SMILES string of the molecule is CC(C)(C)C[CH]CCc1ccc(C(F)(F)F)cc1. The van der Waals surface area contributed by atoms with Crippen LogP contribution in [0.2, 0.25) is 0 Å². The van der Waals surface area contributed by atoms with Gasteiger partial charge in [-0.3, -0.25) is 0 Å². The summed E-state index contributed by atoms with van der Waals surface area (Å²) in [6.45, 7) is 6.50. The Kier molecular flexibility index (Phi) is 4.83. The van der Waals surface area contributed by atoms with E-state index in [2.05, 4.69) is 27.2 Å². The summed E-state index contributed by atoms with van der Waals surface area (Å²) in [5, 5.41) is 0. The third kappa shape index (κ3) is 5.56. The van der Waals surface area contributed by atoms with E-state index < -0.39 is 11.7 Å². The second-order valence-corrected chi connectivity index (χ2v) is 5.79. The number of benzene rings is 1.